The van der Waals surface area contributed by atoms with Crippen LogP contribution in [0, 0.1) is 0 Å². The lowest BCUT2D eigenvalue weighted by atomic mass is 9.80. The van der Waals surface area contributed by atoms with Crippen LogP contribution in [0.1, 0.15) is 70.2 Å². The summed E-state index contributed by atoms with van der Waals surface area (Å²) in [5.74, 6) is 4.60. The van der Waals surface area contributed by atoms with Crippen molar-refractivity contribution in [3.63, 3.8) is 0 Å². The molecule has 1 aliphatic heterocycles. The summed E-state index contributed by atoms with van der Waals surface area (Å²) in [6.07, 6.45) is 6.65. The lowest BCUT2D eigenvalue weighted by Crippen LogP contribution is -2.59. The fourth-order valence-electron chi connectivity index (χ4n) is 4.27. The van der Waals surface area contributed by atoms with Crippen molar-refractivity contribution >= 4 is 41.7 Å². The Labute approximate surface area is 197 Å². The van der Waals surface area contributed by atoms with Gasteiger partial charge in [-0.05, 0) is 25.7 Å². The molecule has 1 aliphatic carbocycles. The van der Waals surface area contributed by atoms with Crippen molar-refractivity contribution in [3.05, 3.63) is 17.5 Å². The van der Waals surface area contributed by atoms with Gasteiger partial charge in [-0.1, -0.05) is 38.3 Å². The van der Waals surface area contributed by atoms with E-state index in [1.54, 1.807) is 0 Å². The van der Waals surface area contributed by atoms with E-state index < -0.39 is 0 Å². The van der Waals surface area contributed by atoms with E-state index in [0.717, 1.165) is 30.5 Å². The zero-order valence-electron chi connectivity index (χ0n) is 18.2. The Morgan fingerprint density at radius 2 is 1.97 bits per heavy atom. The first-order valence-electron chi connectivity index (χ1n) is 10.9. The van der Waals surface area contributed by atoms with E-state index in [0.29, 0.717) is 12.5 Å². The molecule has 8 heteroatoms. The fourth-order valence-corrected chi connectivity index (χ4v) is 5.18. The smallest absolute Gasteiger partial charge is 0.191 e. The molecule has 2 fully saturated rings. The number of hydrogen-bond donors (Lipinski definition) is 2. The van der Waals surface area contributed by atoms with Crippen LogP contribution in [0.4, 0.5) is 0 Å². The van der Waals surface area contributed by atoms with Gasteiger partial charge in [0.1, 0.15) is 6.54 Å². The van der Waals surface area contributed by atoms with Crippen molar-refractivity contribution in [2.75, 3.05) is 37.7 Å². The van der Waals surface area contributed by atoms with Gasteiger partial charge in [-0.3, -0.25) is 4.90 Å². The van der Waals surface area contributed by atoms with E-state index in [4.69, 9.17) is 9.52 Å². The number of guanidine groups is 1. The molecule has 1 saturated carbocycles. The molecule has 2 aliphatic rings. The Morgan fingerprint density at radius 3 is 2.59 bits per heavy atom. The number of aliphatic imine (C=N–C) groups is 1. The van der Waals surface area contributed by atoms with Gasteiger partial charge in [-0.25, -0.2) is 4.99 Å². The van der Waals surface area contributed by atoms with Crippen LogP contribution in [0.15, 0.2) is 15.6 Å². The van der Waals surface area contributed by atoms with Crippen LogP contribution in [0.25, 0.3) is 0 Å². The molecule has 0 atom stereocenters. The Kier molecular flexibility index (Phi) is 10.6. The van der Waals surface area contributed by atoms with Gasteiger partial charge in [0.25, 0.3) is 0 Å². The zero-order valence-corrected chi connectivity index (χ0v) is 21.4. The van der Waals surface area contributed by atoms with Gasteiger partial charge in [-0.2, -0.15) is 11.8 Å². The summed E-state index contributed by atoms with van der Waals surface area (Å²) in [4.78, 5) is 7.51. The number of halogens is 1. The van der Waals surface area contributed by atoms with E-state index in [9.17, 15) is 0 Å². The van der Waals surface area contributed by atoms with Crippen molar-refractivity contribution in [1.29, 1.82) is 0 Å². The number of nitrogens with zero attached hydrogens (tertiary/aromatic N) is 3. The molecule has 1 saturated heterocycles. The predicted octanol–water partition coefficient (Wildman–Crippen LogP) is 4.22. The molecule has 166 valence electrons. The van der Waals surface area contributed by atoms with Crippen LogP contribution in [0.3, 0.4) is 0 Å². The molecule has 2 heterocycles. The molecule has 0 amide bonds. The molecule has 0 bridgehead atoms. The van der Waals surface area contributed by atoms with Gasteiger partial charge < -0.3 is 15.2 Å². The minimum atomic E-state index is 0. The minimum Gasteiger partial charge on any atom is -0.359 e. The average molecular weight is 536 g/mol. The van der Waals surface area contributed by atoms with Gasteiger partial charge in [0.15, 0.2) is 11.7 Å². The van der Waals surface area contributed by atoms with Crippen molar-refractivity contribution in [2.24, 2.45) is 4.99 Å². The summed E-state index contributed by atoms with van der Waals surface area (Å²) in [5.41, 5.74) is 1.28. The Bertz CT molecular complexity index is 624. The maximum Gasteiger partial charge on any atom is 0.191 e. The summed E-state index contributed by atoms with van der Waals surface area (Å²) in [5, 5.41) is 11.2. The first kappa shape index (κ1) is 24.8. The molecule has 2 N–H and O–H groups in total. The van der Waals surface area contributed by atoms with E-state index >= 15 is 0 Å². The molecule has 0 aromatic carbocycles. The maximum atomic E-state index is 5.44. The molecule has 3 rings (SSSR count). The lowest BCUT2D eigenvalue weighted by Gasteiger charge is -2.48. The average Bonchev–Trinajstić information content (AvgIpc) is 3.21. The van der Waals surface area contributed by atoms with Crippen LogP contribution < -0.4 is 10.6 Å². The third-order valence-corrected chi connectivity index (χ3v) is 6.90. The molecular weight excluding hydrogens is 497 g/mol. The van der Waals surface area contributed by atoms with E-state index in [1.807, 2.05) is 6.07 Å². The quantitative estimate of drug-likeness (QED) is 0.310. The summed E-state index contributed by atoms with van der Waals surface area (Å²) in [7, 11) is 0. The lowest BCUT2D eigenvalue weighted by molar-refractivity contribution is 0.0626. The third kappa shape index (κ3) is 7.02. The van der Waals surface area contributed by atoms with Crippen molar-refractivity contribution < 1.29 is 4.52 Å². The van der Waals surface area contributed by atoms with Gasteiger partial charge >= 0.3 is 0 Å². The second-order valence-corrected chi connectivity index (χ2v) is 9.53. The van der Waals surface area contributed by atoms with E-state index in [1.165, 1.54) is 56.7 Å². The number of nitrogens with one attached hydrogen (secondary N) is 2. The molecule has 0 spiro atoms. The highest BCUT2D eigenvalue weighted by atomic mass is 127. The Morgan fingerprint density at radius 1 is 1.24 bits per heavy atom. The van der Waals surface area contributed by atoms with E-state index in [-0.39, 0.29) is 29.5 Å². The molecular formula is C21H38IN5OS. The van der Waals surface area contributed by atoms with Gasteiger partial charge in [-0.15, -0.1) is 24.0 Å². The first-order valence-corrected chi connectivity index (χ1v) is 12.1. The van der Waals surface area contributed by atoms with Crippen LogP contribution >= 0.6 is 35.7 Å². The SMILES string of the molecule is CCNC(=NCc1cc(C(C)C)no1)NCC1(N2CCSCC2)CCCCC1.I. The predicted molar refractivity (Wildman–Crippen MR) is 134 cm³/mol. The standard InChI is InChI=1S/C21H37N5OS.HI/c1-4-22-20(23-15-18-14-19(17(2)3)25-27-18)24-16-21(8-6-5-7-9-21)26-10-12-28-13-11-26;/h14,17H,4-13,15-16H2,1-3H3,(H2,22,23,24);1H. The number of aromatic nitrogens is 1. The number of rotatable bonds is 7. The van der Waals surface area contributed by atoms with E-state index in [2.05, 4.69) is 53.2 Å². The number of hydrogen-bond acceptors (Lipinski definition) is 5. The second-order valence-electron chi connectivity index (χ2n) is 8.31. The van der Waals surface area contributed by atoms with Crippen molar-refractivity contribution in [2.45, 2.75) is 70.9 Å². The minimum absolute atomic E-state index is 0. The molecule has 0 unspecified atom stereocenters. The molecule has 0 radical (unpaired) electrons. The fraction of sp³-hybridized carbons (Fsp3) is 0.810. The molecule has 29 heavy (non-hydrogen) atoms. The maximum absolute atomic E-state index is 5.44. The molecule has 1 aromatic rings. The summed E-state index contributed by atoms with van der Waals surface area (Å²) in [6.45, 7) is 11.1. The normalized spacial score (nSPS) is 20.3. The molecule has 1 aromatic heterocycles. The summed E-state index contributed by atoms with van der Waals surface area (Å²) < 4.78 is 5.44. The monoisotopic (exact) mass is 535 g/mol. The van der Waals surface area contributed by atoms with Gasteiger partial charge in [0.05, 0.1) is 5.69 Å². The molecule has 6 nitrogen and oxygen atoms in total. The van der Waals surface area contributed by atoms with Crippen LogP contribution in [0.5, 0.6) is 0 Å². The Hall–Kier alpha value is -0.480. The Balaban J connectivity index is 0.00000300. The highest BCUT2D eigenvalue weighted by molar-refractivity contribution is 14.0. The summed E-state index contributed by atoms with van der Waals surface area (Å²) >= 11 is 2.09. The van der Waals surface area contributed by atoms with Gasteiger partial charge in [0, 0.05) is 49.3 Å². The van der Waals surface area contributed by atoms with Crippen molar-refractivity contribution in [3.8, 4) is 0 Å². The van der Waals surface area contributed by atoms with Gasteiger partial charge in [0.2, 0.25) is 0 Å². The summed E-state index contributed by atoms with van der Waals surface area (Å²) in [6, 6.07) is 2.02. The largest absolute Gasteiger partial charge is 0.359 e. The van der Waals surface area contributed by atoms with Crippen LogP contribution in [-0.2, 0) is 6.54 Å². The van der Waals surface area contributed by atoms with Crippen LogP contribution in [-0.4, -0.2) is 59.2 Å². The van der Waals surface area contributed by atoms with Crippen LogP contribution in [0.2, 0.25) is 0 Å². The highest BCUT2D eigenvalue weighted by Gasteiger charge is 2.38. The first-order chi connectivity index (χ1) is 13.6. The third-order valence-electron chi connectivity index (χ3n) is 5.96. The zero-order chi connectivity index (χ0) is 19.8. The topological polar surface area (TPSA) is 65.7 Å². The highest BCUT2D eigenvalue weighted by Crippen LogP contribution is 2.34. The van der Waals surface area contributed by atoms with Crippen molar-refractivity contribution in [1.82, 2.24) is 20.7 Å². The number of thioether (sulfide) groups is 1. The second kappa shape index (κ2) is 12.4.